The van der Waals surface area contributed by atoms with Crippen molar-refractivity contribution >= 4 is 63.7 Å². The minimum Gasteiger partial charge on any atom is -0.450 e. The first-order chi connectivity index (χ1) is 31.4. The quantitative estimate of drug-likeness (QED) is 0.162. The molecule has 1 aliphatic carbocycles. The molecule has 319 valence electrons. The van der Waals surface area contributed by atoms with Crippen LogP contribution in [0.3, 0.4) is 0 Å². The van der Waals surface area contributed by atoms with Crippen LogP contribution in [0.2, 0.25) is 0 Å². The van der Waals surface area contributed by atoms with Crippen LogP contribution in [0.25, 0.3) is 11.1 Å². The van der Waals surface area contributed by atoms with Gasteiger partial charge in [-0.3, -0.25) is 0 Å². The van der Waals surface area contributed by atoms with Crippen molar-refractivity contribution in [2.75, 3.05) is 15.1 Å². The highest BCUT2D eigenvalue weighted by molar-refractivity contribution is 6.73. The van der Waals surface area contributed by atoms with Gasteiger partial charge in [-0.25, -0.2) is 0 Å². The van der Waals surface area contributed by atoms with Crippen LogP contribution < -0.4 is 35.5 Å². The third-order valence-corrected chi connectivity index (χ3v) is 14.0. The summed E-state index contributed by atoms with van der Waals surface area (Å²) in [6, 6.07) is 58.6. The molecule has 0 saturated carbocycles. The van der Waals surface area contributed by atoms with E-state index in [9.17, 15) is 0 Å². The van der Waals surface area contributed by atoms with Crippen molar-refractivity contribution in [2.24, 2.45) is 0 Å². The lowest BCUT2D eigenvalue weighted by molar-refractivity contribution is 0.332. The van der Waals surface area contributed by atoms with Crippen LogP contribution in [-0.4, -0.2) is 7.28 Å². The highest BCUT2D eigenvalue weighted by Crippen LogP contribution is 2.53. The first kappa shape index (κ1) is 40.6. The Morgan fingerprint density at radius 3 is 1.74 bits per heavy atom. The standard InChI is InChI=1S/C59H53BN3O2/c1-37-19-14-15-26-48(37)61-57-38(2)20-18-25-43(57)44-32-42(62(40-21-10-8-11-22-40)41-23-12-9-13-24-41)33-51-56(44)60-47-35-54-55(65-53-28-17-16-27-52(53)64-54)36-50(47)63(51)49-34-46-45(31-39(49)3)58(4,5)29-30-59(46,6)7/h8-28,31-36,61H,29-30H2,1-7H3. The van der Waals surface area contributed by atoms with Crippen molar-refractivity contribution in [1.29, 1.82) is 0 Å². The summed E-state index contributed by atoms with van der Waals surface area (Å²) in [6.07, 6.45) is 2.27. The lowest BCUT2D eigenvalue weighted by Crippen LogP contribution is -2.42. The van der Waals surface area contributed by atoms with E-state index in [0.717, 1.165) is 86.0 Å². The monoisotopic (exact) mass is 846 g/mol. The second-order valence-electron chi connectivity index (χ2n) is 19.3. The highest BCUT2D eigenvalue weighted by atomic mass is 16.6. The molecule has 0 amide bonds. The van der Waals surface area contributed by atoms with Gasteiger partial charge >= 0.3 is 0 Å². The van der Waals surface area contributed by atoms with Crippen molar-refractivity contribution in [2.45, 2.75) is 72.1 Å². The number of ether oxygens (including phenoxy) is 2. The van der Waals surface area contributed by atoms with E-state index >= 15 is 0 Å². The maximum Gasteiger partial charge on any atom is 0.198 e. The number of hydrogen-bond acceptors (Lipinski definition) is 5. The Labute approximate surface area is 384 Å². The van der Waals surface area contributed by atoms with Crippen molar-refractivity contribution in [3.63, 3.8) is 0 Å². The molecule has 2 aliphatic heterocycles. The smallest absolute Gasteiger partial charge is 0.198 e. The molecule has 0 aromatic heterocycles. The molecule has 3 aliphatic rings. The number of benzene rings is 8. The van der Waals surface area contributed by atoms with E-state index in [0.29, 0.717) is 23.0 Å². The zero-order chi connectivity index (χ0) is 44.6. The average Bonchev–Trinajstić information content (AvgIpc) is 3.30. The van der Waals surface area contributed by atoms with Crippen LogP contribution >= 0.6 is 0 Å². The highest BCUT2D eigenvalue weighted by Gasteiger charge is 2.40. The number of nitrogens with one attached hydrogen (secondary N) is 1. The van der Waals surface area contributed by atoms with E-state index in [2.05, 4.69) is 210 Å². The largest absolute Gasteiger partial charge is 0.450 e. The van der Waals surface area contributed by atoms with E-state index in [1.165, 1.54) is 22.3 Å². The Hall–Kier alpha value is -7.18. The van der Waals surface area contributed by atoms with Gasteiger partial charge in [0.25, 0.3) is 0 Å². The normalized spacial score (nSPS) is 14.8. The Kier molecular flexibility index (Phi) is 9.69. The molecule has 0 bridgehead atoms. The summed E-state index contributed by atoms with van der Waals surface area (Å²) in [6.45, 7) is 16.3. The third kappa shape index (κ3) is 7.03. The minimum absolute atomic E-state index is 0.000476. The molecule has 8 aromatic rings. The van der Waals surface area contributed by atoms with Gasteiger partial charge in [-0.1, -0.05) is 124 Å². The maximum absolute atomic E-state index is 6.68. The SMILES string of the molecule is Cc1ccccc1Nc1c(C)cccc1-c1cc(N(c2ccccc2)c2ccccc2)cc2c1[B]c1cc3c(cc1N2c1cc2c(cc1C)C(C)(C)CCC2(C)C)Oc1ccccc1O3. The van der Waals surface area contributed by atoms with Gasteiger partial charge in [0.15, 0.2) is 30.3 Å². The zero-order valence-corrected chi connectivity index (χ0v) is 38.3. The molecule has 1 radical (unpaired) electrons. The van der Waals surface area contributed by atoms with Crippen molar-refractivity contribution in [3.8, 4) is 34.1 Å². The molecule has 0 saturated heterocycles. The van der Waals surface area contributed by atoms with E-state index < -0.39 is 0 Å². The van der Waals surface area contributed by atoms with Crippen LogP contribution in [0.15, 0.2) is 164 Å². The fraction of sp³-hybridized carbons (Fsp3) is 0.186. The lowest BCUT2D eigenvalue weighted by Gasteiger charge is -2.44. The summed E-state index contributed by atoms with van der Waals surface area (Å²) >= 11 is 0. The van der Waals surface area contributed by atoms with Gasteiger partial charge in [-0.05, 0) is 150 Å². The minimum atomic E-state index is -0.000476. The summed E-state index contributed by atoms with van der Waals surface area (Å²) in [7, 11) is 2.36. The second kappa shape index (κ2) is 15.5. The number of hydrogen-bond donors (Lipinski definition) is 1. The molecule has 1 N–H and O–H groups in total. The fourth-order valence-electron chi connectivity index (χ4n) is 10.2. The summed E-state index contributed by atoms with van der Waals surface area (Å²) in [4.78, 5) is 4.89. The van der Waals surface area contributed by atoms with Gasteiger partial charge in [0, 0.05) is 57.1 Å². The van der Waals surface area contributed by atoms with Gasteiger partial charge in [0.1, 0.15) is 0 Å². The predicted molar refractivity (Wildman–Crippen MR) is 272 cm³/mol. The van der Waals surface area contributed by atoms with Gasteiger partial charge in [0.05, 0.1) is 0 Å². The van der Waals surface area contributed by atoms with Crippen LogP contribution in [0.1, 0.15) is 68.4 Å². The molecular formula is C59H53BN3O2. The molecule has 8 aromatic carbocycles. The van der Waals surface area contributed by atoms with E-state index in [4.69, 9.17) is 9.47 Å². The molecule has 65 heavy (non-hydrogen) atoms. The van der Waals surface area contributed by atoms with Crippen LogP contribution in [0.5, 0.6) is 23.0 Å². The average molecular weight is 847 g/mol. The van der Waals surface area contributed by atoms with Crippen molar-refractivity contribution in [1.82, 2.24) is 0 Å². The molecule has 11 rings (SSSR count). The number of rotatable bonds is 7. The molecule has 0 unspecified atom stereocenters. The molecule has 0 atom stereocenters. The molecule has 5 nitrogen and oxygen atoms in total. The van der Waals surface area contributed by atoms with Gasteiger partial charge in [-0.15, -0.1) is 0 Å². The van der Waals surface area contributed by atoms with Crippen LogP contribution in [0, 0.1) is 20.8 Å². The van der Waals surface area contributed by atoms with E-state index in [-0.39, 0.29) is 10.8 Å². The maximum atomic E-state index is 6.68. The first-order valence-electron chi connectivity index (χ1n) is 22.9. The third-order valence-electron chi connectivity index (χ3n) is 14.0. The molecule has 0 fully saturated rings. The Balaban J connectivity index is 1.23. The van der Waals surface area contributed by atoms with E-state index in [1.54, 1.807) is 0 Å². The number of para-hydroxylation sites is 6. The predicted octanol–water partition coefficient (Wildman–Crippen LogP) is 15.2. The number of fused-ring (bicyclic) bond motifs is 5. The Bertz CT molecular complexity index is 3120. The molecule has 2 heterocycles. The number of nitrogens with zero attached hydrogens (tertiary/aromatic N) is 2. The first-order valence-corrected chi connectivity index (χ1v) is 22.9. The van der Waals surface area contributed by atoms with Crippen molar-refractivity contribution < 1.29 is 9.47 Å². The second-order valence-corrected chi connectivity index (χ2v) is 19.3. The Morgan fingerprint density at radius 1 is 0.492 bits per heavy atom. The van der Waals surface area contributed by atoms with Gasteiger partial charge < -0.3 is 24.6 Å². The number of anilines is 8. The summed E-state index contributed by atoms with van der Waals surface area (Å²) in [5.41, 5.74) is 19.5. The van der Waals surface area contributed by atoms with Crippen LogP contribution in [0.4, 0.5) is 45.5 Å². The van der Waals surface area contributed by atoms with Crippen LogP contribution in [-0.2, 0) is 10.8 Å². The molecule has 6 heteroatoms. The molecule has 0 spiro atoms. The van der Waals surface area contributed by atoms with Gasteiger partial charge in [-0.2, -0.15) is 0 Å². The summed E-state index contributed by atoms with van der Waals surface area (Å²) in [5.74, 6) is 2.81. The number of aryl methyl sites for hydroxylation is 3. The topological polar surface area (TPSA) is 37.0 Å². The zero-order valence-electron chi connectivity index (χ0n) is 38.3. The van der Waals surface area contributed by atoms with Crippen molar-refractivity contribution in [3.05, 3.63) is 192 Å². The Morgan fingerprint density at radius 2 is 1.08 bits per heavy atom. The van der Waals surface area contributed by atoms with Gasteiger partial charge in [0.2, 0.25) is 0 Å². The van der Waals surface area contributed by atoms with E-state index in [1.807, 2.05) is 24.3 Å². The molecular weight excluding hydrogens is 793 g/mol. The summed E-state index contributed by atoms with van der Waals surface area (Å²) < 4.78 is 13.3. The lowest BCUT2D eigenvalue weighted by atomic mass is 9.57. The summed E-state index contributed by atoms with van der Waals surface area (Å²) in [5, 5.41) is 3.92. The fourth-order valence-corrected chi connectivity index (χ4v) is 10.2.